The van der Waals surface area contributed by atoms with E-state index < -0.39 is 24.1 Å². The number of carbonyl (C=O) groups is 4. The molecule has 2 fully saturated rings. The number of allylic oxidation sites excluding steroid dienone is 2. The molecule has 2 amide bonds. The third-order valence-electron chi connectivity index (χ3n) is 12.3. The Kier molecular flexibility index (Phi) is 22.7. The van der Waals surface area contributed by atoms with Crippen molar-refractivity contribution >= 4 is 23.9 Å². The van der Waals surface area contributed by atoms with Crippen LogP contribution in [0.25, 0.3) is 0 Å². The van der Waals surface area contributed by atoms with Gasteiger partial charge in [0, 0.05) is 51.4 Å². The summed E-state index contributed by atoms with van der Waals surface area (Å²) < 4.78 is 40.5. The van der Waals surface area contributed by atoms with Crippen LogP contribution in [-0.2, 0) is 39.7 Å². The number of hydrogen-bond donors (Lipinski definition) is 4. The number of carboxylic acids is 2. The van der Waals surface area contributed by atoms with Gasteiger partial charge in [0.15, 0.2) is 0 Å². The Labute approximate surface area is 403 Å². The minimum absolute atomic E-state index is 0.00613. The second kappa shape index (κ2) is 29.6. The molecule has 4 N–H and O–H groups in total. The molecular formula is C50H68N6O13. The largest absolute Gasteiger partial charge is 0.477 e. The van der Waals surface area contributed by atoms with Crippen molar-refractivity contribution in [2.75, 3.05) is 125 Å². The summed E-state index contributed by atoms with van der Waals surface area (Å²) in [4.78, 5) is 61.7. The van der Waals surface area contributed by atoms with Crippen molar-refractivity contribution in [2.24, 2.45) is 17.8 Å². The van der Waals surface area contributed by atoms with Gasteiger partial charge in [-0.3, -0.25) is 14.6 Å². The Morgan fingerprint density at radius 2 is 1.20 bits per heavy atom. The highest BCUT2D eigenvalue weighted by Gasteiger charge is 2.49. The van der Waals surface area contributed by atoms with E-state index in [0.717, 1.165) is 18.4 Å². The van der Waals surface area contributed by atoms with Gasteiger partial charge in [-0.2, -0.15) is 0 Å². The lowest BCUT2D eigenvalue weighted by Crippen LogP contribution is -2.36. The molecule has 2 aliphatic carbocycles. The number of hydrogen-bond acceptors (Lipinski definition) is 15. The number of benzene rings is 1. The first kappa shape index (κ1) is 53.0. The van der Waals surface area contributed by atoms with E-state index in [4.69, 9.17) is 33.2 Å². The highest BCUT2D eigenvalue weighted by Crippen LogP contribution is 2.52. The number of aromatic carboxylic acids is 2. The number of ether oxygens (including phenoxy) is 7. The average Bonchev–Trinajstić information content (AvgIpc) is 4.00. The average molecular weight is 961 g/mol. The number of nitrogens with zero attached hydrogens (tertiary/aromatic N) is 4. The lowest BCUT2D eigenvalue weighted by molar-refractivity contribution is 0.00331. The number of fused-ring (bicyclic) bond motifs is 1. The fourth-order valence-corrected chi connectivity index (χ4v) is 8.61. The van der Waals surface area contributed by atoms with Crippen LogP contribution in [0.1, 0.15) is 80.0 Å². The lowest BCUT2D eigenvalue weighted by atomic mass is 9.99. The molecule has 376 valence electrons. The maximum absolute atomic E-state index is 13.1. The second-order valence-electron chi connectivity index (χ2n) is 17.0. The summed E-state index contributed by atoms with van der Waals surface area (Å²) in [5.41, 5.74) is 2.29. The Morgan fingerprint density at radius 3 is 1.80 bits per heavy atom. The number of pyridine rings is 2. The van der Waals surface area contributed by atoms with E-state index in [9.17, 15) is 29.4 Å². The van der Waals surface area contributed by atoms with E-state index >= 15 is 0 Å². The molecular weight excluding hydrogens is 893 g/mol. The molecule has 69 heavy (non-hydrogen) atoms. The number of amides is 2. The Balaban J connectivity index is 0.930. The predicted molar refractivity (Wildman–Crippen MR) is 252 cm³/mol. The zero-order valence-electron chi connectivity index (χ0n) is 39.4. The van der Waals surface area contributed by atoms with Crippen LogP contribution < -0.4 is 10.6 Å². The minimum atomic E-state index is -1.14. The molecule has 3 aromatic rings. The molecule has 6 rings (SSSR count). The van der Waals surface area contributed by atoms with Gasteiger partial charge < -0.3 is 54.0 Å². The molecule has 19 nitrogen and oxygen atoms in total. The Morgan fingerprint density at radius 1 is 0.652 bits per heavy atom. The van der Waals surface area contributed by atoms with Gasteiger partial charge in [0.1, 0.15) is 11.4 Å². The van der Waals surface area contributed by atoms with Crippen LogP contribution in [0.15, 0.2) is 72.8 Å². The molecule has 3 aliphatic rings. The van der Waals surface area contributed by atoms with Crippen molar-refractivity contribution in [1.82, 2.24) is 30.4 Å². The third-order valence-corrected chi connectivity index (χ3v) is 12.3. The monoisotopic (exact) mass is 960 g/mol. The quantitative estimate of drug-likeness (QED) is 0.0968. The topological polar surface area (TPSA) is 230 Å². The van der Waals surface area contributed by atoms with Crippen molar-refractivity contribution in [3.8, 4) is 0 Å². The second-order valence-corrected chi connectivity index (χ2v) is 17.0. The molecule has 1 saturated heterocycles. The summed E-state index contributed by atoms with van der Waals surface area (Å²) in [5.74, 6) is -0.659. The number of nitrogens with one attached hydrogen (secondary N) is 2. The molecule has 2 aromatic heterocycles. The first-order valence-corrected chi connectivity index (χ1v) is 24.0. The van der Waals surface area contributed by atoms with Gasteiger partial charge in [0.2, 0.25) is 0 Å². The van der Waals surface area contributed by atoms with E-state index in [1.165, 1.54) is 25.0 Å². The molecule has 1 aliphatic heterocycles. The van der Waals surface area contributed by atoms with Crippen molar-refractivity contribution in [2.45, 2.75) is 38.3 Å². The van der Waals surface area contributed by atoms with Gasteiger partial charge >= 0.3 is 18.0 Å². The molecule has 3 heterocycles. The summed E-state index contributed by atoms with van der Waals surface area (Å²) in [6.07, 6.45) is 8.66. The molecule has 2 unspecified atom stereocenters. The maximum Gasteiger partial charge on any atom is 0.407 e. The van der Waals surface area contributed by atoms with Gasteiger partial charge in [-0.05, 0) is 85.4 Å². The number of carboxylic acid groups (broad SMARTS) is 2. The fourth-order valence-electron chi connectivity index (χ4n) is 8.61. The number of aromatic nitrogens is 2. The third kappa shape index (κ3) is 18.5. The fraction of sp³-hybridized carbons (Fsp3) is 0.560. The first-order chi connectivity index (χ1) is 33.8. The van der Waals surface area contributed by atoms with Gasteiger partial charge in [-0.25, -0.2) is 24.4 Å². The van der Waals surface area contributed by atoms with Crippen LogP contribution in [-0.4, -0.2) is 179 Å². The zero-order valence-corrected chi connectivity index (χ0v) is 39.4. The lowest BCUT2D eigenvalue weighted by Gasteiger charge is -2.32. The van der Waals surface area contributed by atoms with Gasteiger partial charge in [-0.1, -0.05) is 36.4 Å². The normalized spacial score (nSPS) is 21.2. The van der Waals surface area contributed by atoms with Gasteiger partial charge in [0.05, 0.1) is 103 Å². The summed E-state index contributed by atoms with van der Waals surface area (Å²) in [6, 6.07) is 16.5. The highest BCUT2D eigenvalue weighted by atomic mass is 16.6. The molecule has 1 aromatic carbocycles. The van der Waals surface area contributed by atoms with E-state index in [-0.39, 0.29) is 30.4 Å². The van der Waals surface area contributed by atoms with E-state index in [2.05, 4.69) is 42.6 Å². The van der Waals surface area contributed by atoms with Crippen molar-refractivity contribution in [1.29, 1.82) is 0 Å². The van der Waals surface area contributed by atoms with Crippen molar-refractivity contribution in [3.05, 3.63) is 107 Å². The van der Waals surface area contributed by atoms with Crippen molar-refractivity contribution in [3.63, 3.8) is 0 Å². The minimum Gasteiger partial charge on any atom is -0.477 e. The van der Waals surface area contributed by atoms with E-state index in [1.807, 2.05) is 12.1 Å². The number of carbonyl (C=O) groups excluding carboxylic acids is 2. The van der Waals surface area contributed by atoms with Crippen LogP contribution in [0.5, 0.6) is 0 Å². The summed E-state index contributed by atoms with van der Waals surface area (Å²) in [5, 5.41) is 24.8. The molecule has 4 atom stereocenters. The van der Waals surface area contributed by atoms with E-state index in [0.29, 0.717) is 153 Å². The van der Waals surface area contributed by atoms with Crippen LogP contribution in [0.4, 0.5) is 4.79 Å². The van der Waals surface area contributed by atoms with Crippen LogP contribution in [0.3, 0.4) is 0 Å². The van der Waals surface area contributed by atoms with Crippen LogP contribution in [0, 0.1) is 17.8 Å². The number of rotatable bonds is 19. The molecule has 19 heteroatoms. The van der Waals surface area contributed by atoms with Gasteiger partial charge in [-0.15, -0.1) is 0 Å². The Bertz CT molecular complexity index is 2040. The summed E-state index contributed by atoms with van der Waals surface area (Å²) in [6.45, 7) is 7.74. The Hall–Kier alpha value is -5.38. The van der Waals surface area contributed by atoms with Gasteiger partial charge in [0.25, 0.3) is 5.91 Å². The number of alkyl carbamates (subject to hydrolysis) is 1. The zero-order chi connectivity index (χ0) is 48.5. The van der Waals surface area contributed by atoms with E-state index in [1.54, 1.807) is 36.4 Å². The molecule has 0 radical (unpaired) electrons. The standard InChI is InChI=1S/C50H68N6O13/c57-47(51-17-23-63-29-30-64-24-18-52-50(62)69-36-42-40-8-3-1-2-4-9-41(40)42)38-15-13-37(14-16-38)46(43-10-6-12-45(54-43)49(60)61)56-21-27-67-33-31-65-25-19-55(20-26-66-32-34-68-28-22-56)35-39-7-5-11-44(53-39)48(58)59/h1-2,5-7,10-16,40-42,46H,3-4,8-9,17-36H2,(H,51,57)(H,52,62)(H,58,59)(H,60,61)/b2-1-/t40-,41+,42?,46?. The SMILES string of the molecule is O=C(NCCOCCOCCNC(=O)c1ccc(C(c2cccc(C(=O)O)n2)N2CCOCCOCCN(Cc3cccc(C(=O)O)n3)CCOCCOCC2)cc1)OCC1[C@H]2CC/C=C\CC[C@@H]12. The molecule has 0 bridgehead atoms. The van der Waals surface area contributed by atoms with Crippen molar-refractivity contribution < 1.29 is 62.5 Å². The maximum atomic E-state index is 13.1. The summed E-state index contributed by atoms with van der Waals surface area (Å²) in [7, 11) is 0. The first-order valence-electron chi connectivity index (χ1n) is 24.0. The van der Waals surface area contributed by atoms with Crippen LogP contribution >= 0.6 is 0 Å². The predicted octanol–water partition coefficient (Wildman–Crippen LogP) is 4.33. The smallest absolute Gasteiger partial charge is 0.407 e. The highest BCUT2D eigenvalue weighted by molar-refractivity contribution is 5.94. The summed E-state index contributed by atoms with van der Waals surface area (Å²) >= 11 is 0. The molecule has 1 saturated carbocycles. The van der Waals surface area contributed by atoms with Crippen LogP contribution in [0.2, 0.25) is 0 Å². The molecule has 0 spiro atoms.